The Bertz CT molecular complexity index is 366. The first-order valence-electron chi connectivity index (χ1n) is 5.92. The molecule has 1 N–H and O–H groups in total. The summed E-state index contributed by atoms with van der Waals surface area (Å²) in [6, 6.07) is 9.91. The van der Waals surface area contributed by atoms with Crippen molar-refractivity contribution in [3.05, 3.63) is 48.6 Å². The van der Waals surface area contributed by atoms with E-state index in [9.17, 15) is 9.90 Å². The molecule has 1 aromatic carbocycles. The van der Waals surface area contributed by atoms with Crippen molar-refractivity contribution < 1.29 is 9.90 Å². The molecule has 2 nitrogen and oxygen atoms in total. The van der Waals surface area contributed by atoms with Crippen molar-refractivity contribution in [2.45, 2.75) is 38.2 Å². The van der Waals surface area contributed by atoms with E-state index >= 15 is 0 Å². The number of benzene rings is 1. The van der Waals surface area contributed by atoms with Crippen LogP contribution in [0.2, 0.25) is 0 Å². The van der Waals surface area contributed by atoms with Gasteiger partial charge in [0.2, 0.25) is 0 Å². The smallest absolute Gasteiger partial charge is 0.136 e. The monoisotopic (exact) mass is 232 g/mol. The lowest BCUT2D eigenvalue weighted by Gasteiger charge is -2.20. The lowest BCUT2D eigenvalue weighted by atomic mass is 9.93. The standard InChI is InChI=1S/C15H20O2/c1-3-11-15(2,17)12-14(16)10-9-13-7-5-4-6-8-13/h3-8,17H,1,9-12H2,2H3. The van der Waals surface area contributed by atoms with Gasteiger partial charge in [-0.05, 0) is 25.3 Å². The summed E-state index contributed by atoms with van der Waals surface area (Å²) in [5.74, 6) is 0.0979. The molecule has 1 aromatic rings. The van der Waals surface area contributed by atoms with Crippen LogP contribution in [0, 0.1) is 0 Å². The minimum atomic E-state index is -0.949. The molecule has 1 atom stereocenters. The van der Waals surface area contributed by atoms with E-state index in [1.807, 2.05) is 30.3 Å². The number of rotatable bonds is 7. The molecule has 0 amide bonds. The molecule has 0 saturated carbocycles. The largest absolute Gasteiger partial charge is 0.389 e. The Morgan fingerprint density at radius 1 is 1.41 bits per heavy atom. The molecule has 2 heteroatoms. The number of ketones is 1. The van der Waals surface area contributed by atoms with Crippen molar-refractivity contribution in [2.75, 3.05) is 0 Å². The summed E-state index contributed by atoms with van der Waals surface area (Å²) < 4.78 is 0. The van der Waals surface area contributed by atoms with Gasteiger partial charge in [0, 0.05) is 12.8 Å². The summed E-state index contributed by atoms with van der Waals surface area (Å²) >= 11 is 0. The molecule has 0 fully saturated rings. The molecule has 0 spiro atoms. The first-order valence-corrected chi connectivity index (χ1v) is 5.92. The van der Waals surface area contributed by atoms with Gasteiger partial charge in [0.25, 0.3) is 0 Å². The second-order valence-electron chi connectivity index (χ2n) is 4.69. The molecule has 0 aliphatic heterocycles. The van der Waals surface area contributed by atoms with Crippen LogP contribution in [0.3, 0.4) is 0 Å². The first kappa shape index (κ1) is 13.7. The zero-order valence-corrected chi connectivity index (χ0v) is 10.4. The third kappa shape index (κ3) is 5.45. The van der Waals surface area contributed by atoms with Crippen molar-refractivity contribution in [1.82, 2.24) is 0 Å². The number of hydrogen-bond acceptors (Lipinski definition) is 2. The van der Waals surface area contributed by atoms with Crippen LogP contribution in [0.15, 0.2) is 43.0 Å². The van der Waals surface area contributed by atoms with Gasteiger partial charge < -0.3 is 5.11 Å². The van der Waals surface area contributed by atoms with Gasteiger partial charge in [-0.15, -0.1) is 6.58 Å². The van der Waals surface area contributed by atoms with Crippen molar-refractivity contribution in [3.63, 3.8) is 0 Å². The minimum absolute atomic E-state index is 0.0979. The number of carbonyl (C=O) groups is 1. The van der Waals surface area contributed by atoms with E-state index in [0.717, 1.165) is 12.0 Å². The molecule has 0 bridgehead atoms. The highest BCUT2D eigenvalue weighted by Crippen LogP contribution is 2.17. The van der Waals surface area contributed by atoms with E-state index in [1.165, 1.54) is 0 Å². The molecule has 92 valence electrons. The van der Waals surface area contributed by atoms with Crippen LogP contribution in [0.1, 0.15) is 31.7 Å². The highest BCUT2D eigenvalue weighted by Gasteiger charge is 2.22. The molecule has 0 heterocycles. The van der Waals surface area contributed by atoms with E-state index in [2.05, 4.69) is 6.58 Å². The SMILES string of the molecule is C=CCC(C)(O)CC(=O)CCc1ccccc1. The summed E-state index contributed by atoms with van der Waals surface area (Å²) in [4.78, 5) is 11.7. The van der Waals surface area contributed by atoms with Crippen LogP contribution in [-0.2, 0) is 11.2 Å². The third-order valence-electron chi connectivity index (χ3n) is 2.70. The quantitative estimate of drug-likeness (QED) is 0.734. The maximum absolute atomic E-state index is 11.7. The molecular weight excluding hydrogens is 212 g/mol. The number of aliphatic hydroxyl groups is 1. The summed E-state index contributed by atoms with van der Waals surface area (Å²) in [6.45, 7) is 5.25. The molecule has 1 unspecified atom stereocenters. The van der Waals surface area contributed by atoms with E-state index in [4.69, 9.17) is 0 Å². The van der Waals surface area contributed by atoms with Crippen molar-refractivity contribution in [2.24, 2.45) is 0 Å². The molecule has 0 saturated heterocycles. The van der Waals surface area contributed by atoms with Gasteiger partial charge in [0.1, 0.15) is 5.78 Å². The second kappa shape index (κ2) is 6.36. The van der Waals surface area contributed by atoms with Crippen LogP contribution in [0.4, 0.5) is 0 Å². The number of carbonyl (C=O) groups excluding carboxylic acids is 1. The van der Waals surface area contributed by atoms with Gasteiger partial charge in [0.05, 0.1) is 5.60 Å². The van der Waals surface area contributed by atoms with Crippen LogP contribution >= 0.6 is 0 Å². The Labute approximate surface area is 103 Å². The van der Waals surface area contributed by atoms with Gasteiger partial charge >= 0.3 is 0 Å². The van der Waals surface area contributed by atoms with Gasteiger partial charge in [-0.25, -0.2) is 0 Å². The van der Waals surface area contributed by atoms with Crippen molar-refractivity contribution >= 4 is 5.78 Å². The van der Waals surface area contributed by atoms with Crippen molar-refractivity contribution in [3.8, 4) is 0 Å². The summed E-state index contributed by atoms with van der Waals surface area (Å²) in [5, 5.41) is 9.89. The van der Waals surface area contributed by atoms with E-state index < -0.39 is 5.60 Å². The zero-order valence-electron chi connectivity index (χ0n) is 10.4. The summed E-state index contributed by atoms with van der Waals surface area (Å²) in [7, 11) is 0. The molecule has 0 radical (unpaired) electrons. The maximum atomic E-state index is 11.7. The van der Waals surface area contributed by atoms with Crippen LogP contribution in [0.25, 0.3) is 0 Å². The number of hydrogen-bond donors (Lipinski definition) is 1. The van der Waals surface area contributed by atoms with Gasteiger partial charge in [-0.1, -0.05) is 36.4 Å². The van der Waals surface area contributed by atoms with Crippen LogP contribution in [-0.4, -0.2) is 16.5 Å². The third-order valence-corrected chi connectivity index (χ3v) is 2.70. The molecule has 1 rings (SSSR count). The Morgan fingerprint density at radius 3 is 2.65 bits per heavy atom. The molecular formula is C15H20O2. The van der Waals surface area contributed by atoms with Gasteiger partial charge in [-0.3, -0.25) is 4.79 Å². The van der Waals surface area contributed by atoms with Crippen molar-refractivity contribution in [1.29, 1.82) is 0 Å². The average molecular weight is 232 g/mol. The van der Waals surface area contributed by atoms with Gasteiger partial charge in [0.15, 0.2) is 0 Å². The Hall–Kier alpha value is -1.41. The second-order valence-corrected chi connectivity index (χ2v) is 4.69. The zero-order chi connectivity index (χ0) is 12.7. The fourth-order valence-corrected chi connectivity index (χ4v) is 1.82. The number of Topliss-reactive ketones (excluding diaryl/α,β-unsaturated/α-hetero) is 1. The van der Waals surface area contributed by atoms with E-state index in [1.54, 1.807) is 13.0 Å². The number of aryl methyl sites for hydroxylation is 1. The fourth-order valence-electron chi connectivity index (χ4n) is 1.82. The highest BCUT2D eigenvalue weighted by atomic mass is 16.3. The Kier molecular flexibility index (Phi) is 5.11. The topological polar surface area (TPSA) is 37.3 Å². The highest BCUT2D eigenvalue weighted by molar-refractivity contribution is 5.79. The first-order chi connectivity index (χ1) is 8.03. The Morgan fingerprint density at radius 2 is 2.06 bits per heavy atom. The fraction of sp³-hybridized carbons (Fsp3) is 0.400. The van der Waals surface area contributed by atoms with Gasteiger partial charge in [-0.2, -0.15) is 0 Å². The molecule has 0 aromatic heterocycles. The lowest BCUT2D eigenvalue weighted by Crippen LogP contribution is -2.27. The molecule has 17 heavy (non-hydrogen) atoms. The predicted molar refractivity (Wildman–Crippen MR) is 69.8 cm³/mol. The molecule has 0 aliphatic rings. The van der Waals surface area contributed by atoms with Crippen LogP contribution < -0.4 is 0 Å². The Balaban J connectivity index is 2.38. The van der Waals surface area contributed by atoms with E-state index in [-0.39, 0.29) is 12.2 Å². The van der Waals surface area contributed by atoms with E-state index in [0.29, 0.717) is 12.8 Å². The lowest BCUT2D eigenvalue weighted by molar-refractivity contribution is -0.123. The maximum Gasteiger partial charge on any atom is 0.136 e. The minimum Gasteiger partial charge on any atom is -0.389 e. The summed E-state index contributed by atoms with van der Waals surface area (Å²) in [5.41, 5.74) is 0.208. The summed E-state index contributed by atoms with van der Waals surface area (Å²) in [6.07, 6.45) is 3.52. The van der Waals surface area contributed by atoms with Crippen LogP contribution in [0.5, 0.6) is 0 Å². The predicted octanol–water partition coefficient (Wildman–Crippen LogP) is 2.91. The normalized spacial score (nSPS) is 14.0. The molecule has 0 aliphatic carbocycles. The average Bonchev–Trinajstić information content (AvgIpc) is 2.27.